The van der Waals surface area contributed by atoms with Crippen LogP contribution >= 0.6 is 12.2 Å². The van der Waals surface area contributed by atoms with E-state index in [9.17, 15) is 4.79 Å². The van der Waals surface area contributed by atoms with Crippen molar-refractivity contribution in [2.75, 3.05) is 6.54 Å². The van der Waals surface area contributed by atoms with Crippen LogP contribution in [0.4, 0.5) is 0 Å². The lowest BCUT2D eigenvalue weighted by Crippen LogP contribution is -2.36. The molecular formula is C6H10N2OS. The molecule has 1 saturated heterocycles. The van der Waals surface area contributed by atoms with Crippen LogP contribution < -0.4 is 5.32 Å². The van der Waals surface area contributed by atoms with Crippen molar-refractivity contribution in [1.29, 1.82) is 0 Å². The van der Waals surface area contributed by atoms with E-state index in [1.165, 1.54) is 0 Å². The SMILES string of the molecule is CC(C)N1C(=O)CNC1=S. The van der Waals surface area contributed by atoms with Crippen LogP contribution in [0, 0.1) is 0 Å². The lowest BCUT2D eigenvalue weighted by Gasteiger charge is -2.18. The normalized spacial score (nSPS) is 18.5. The molecule has 0 bridgehead atoms. The predicted molar refractivity (Wildman–Crippen MR) is 42.6 cm³/mol. The van der Waals surface area contributed by atoms with Crippen molar-refractivity contribution in [1.82, 2.24) is 10.2 Å². The number of hydrogen-bond donors (Lipinski definition) is 1. The van der Waals surface area contributed by atoms with Gasteiger partial charge < -0.3 is 5.32 Å². The Balaban J connectivity index is 2.72. The fraction of sp³-hybridized carbons (Fsp3) is 0.667. The van der Waals surface area contributed by atoms with E-state index in [0.717, 1.165) is 0 Å². The van der Waals surface area contributed by atoms with Crippen LogP contribution in [0.3, 0.4) is 0 Å². The number of carbonyl (C=O) groups is 1. The second-order valence-electron chi connectivity index (χ2n) is 2.52. The third-order valence-corrected chi connectivity index (χ3v) is 1.74. The van der Waals surface area contributed by atoms with Gasteiger partial charge in [0.05, 0.1) is 6.54 Å². The van der Waals surface area contributed by atoms with Gasteiger partial charge in [-0.25, -0.2) is 0 Å². The Hall–Kier alpha value is -0.640. The van der Waals surface area contributed by atoms with Crippen LogP contribution in [0.1, 0.15) is 13.8 Å². The molecular weight excluding hydrogens is 148 g/mol. The second-order valence-corrected chi connectivity index (χ2v) is 2.90. The fourth-order valence-corrected chi connectivity index (χ4v) is 1.34. The summed E-state index contributed by atoms with van der Waals surface area (Å²) in [4.78, 5) is 12.6. The molecule has 3 nitrogen and oxygen atoms in total. The summed E-state index contributed by atoms with van der Waals surface area (Å²) in [5.41, 5.74) is 0. The lowest BCUT2D eigenvalue weighted by molar-refractivity contribution is -0.125. The first kappa shape index (κ1) is 7.47. The molecule has 0 unspecified atom stereocenters. The maximum atomic E-state index is 11.0. The van der Waals surface area contributed by atoms with E-state index in [1.54, 1.807) is 4.90 Å². The maximum Gasteiger partial charge on any atom is 0.248 e. The van der Waals surface area contributed by atoms with E-state index in [2.05, 4.69) is 5.32 Å². The quantitative estimate of drug-likeness (QED) is 0.550. The average Bonchev–Trinajstić information content (AvgIpc) is 2.11. The lowest BCUT2D eigenvalue weighted by atomic mass is 10.3. The zero-order chi connectivity index (χ0) is 7.72. The van der Waals surface area contributed by atoms with Crippen molar-refractivity contribution in [3.8, 4) is 0 Å². The summed E-state index contributed by atoms with van der Waals surface area (Å²) in [6, 6.07) is 0.176. The molecule has 10 heavy (non-hydrogen) atoms. The molecule has 1 amide bonds. The van der Waals surface area contributed by atoms with Crippen LogP contribution in [0.25, 0.3) is 0 Å². The van der Waals surface area contributed by atoms with Crippen molar-refractivity contribution < 1.29 is 4.79 Å². The number of nitrogens with one attached hydrogen (secondary N) is 1. The second kappa shape index (κ2) is 2.54. The largest absolute Gasteiger partial charge is 0.353 e. The van der Waals surface area contributed by atoms with E-state index < -0.39 is 0 Å². The Kier molecular flexibility index (Phi) is 1.89. The number of rotatable bonds is 1. The Morgan fingerprint density at radius 3 is 2.50 bits per heavy atom. The van der Waals surface area contributed by atoms with Gasteiger partial charge >= 0.3 is 0 Å². The molecule has 1 rings (SSSR count). The third kappa shape index (κ3) is 1.11. The molecule has 1 aliphatic rings. The predicted octanol–water partition coefficient (Wildman–Crippen LogP) is 0.111. The highest BCUT2D eigenvalue weighted by molar-refractivity contribution is 7.80. The third-order valence-electron chi connectivity index (χ3n) is 1.39. The molecule has 0 spiro atoms. The number of nitrogens with zero attached hydrogens (tertiary/aromatic N) is 1. The van der Waals surface area contributed by atoms with Crippen molar-refractivity contribution in [2.45, 2.75) is 19.9 Å². The molecule has 1 aliphatic heterocycles. The Morgan fingerprint density at radius 1 is 1.70 bits per heavy atom. The summed E-state index contributed by atoms with van der Waals surface area (Å²) in [5, 5.41) is 3.36. The highest BCUT2D eigenvalue weighted by Crippen LogP contribution is 2.04. The smallest absolute Gasteiger partial charge is 0.248 e. The first-order valence-corrected chi connectivity index (χ1v) is 3.63. The molecule has 56 valence electrons. The fourth-order valence-electron chi connectivity index (χ4n) is 0.957. The number of amides is 1. The molecule has 0 aromatic carbocycles. The van der Waals surface area contributed by atoms with Crippen LogP contribution in [0.2, 0.25) is 0 Å². The van der Waals surface area contributed by atoms with Gasteiger partial charge in [0.1, 0.15) is 0 Å². The molecule has 0 aliphatic carbocycles. The molecule has 0 aromatic heterocycles. The van der Waals surface area contributed by atoms with Gasteiger partial charge in [0, 0.05) is 6.04 Å². The zero-order valence-corrected chi connectivity index (χ0v) is 6.86. The average molecular weight is 158 g/mol. The van der Waals surface area contributed by atoms with Crippen LogP contribution in [0.15, 0.2) is 0 Å². The van der Waals surface area contributed by atoms with Gasteiger partial charge in [-0.1, -0.05) is 0 Å². The Labute approximate surface area is 65.4 Å². The van der Waals surface area contributed by atoms with E-state index in [4.69, 9.17) is 12.2 Å². The summed E-state index contributed by atoms with van der Waals surface area (Å²) in [5.74, 6) is 0.0694. The zero-order valence-electron chi connectivity index (χ0n) is 6.05. The number of thiocarbonyl (C=S) groups is 1. The van der Waals surface area contributed by atoms with Crippen LogP contribution in [-0.2, 0) is 4.79 Å². The van der Waals surface area contributed by atoms with E-state index in [1.807, 2.05) is 13.8 Å². The summed E-state index contributed by atoms with van der Waals surface area (Å²) < 4.78 is 0. The van der Waals surface area contributed by atoms with Gasteiger partial charge in [0.15, 0.2) is 5.11 Å². The highest BCUT2D eigenvalue weighted by atomic mass is 32.1. The molecule has 1 heterocycles. The van der Waals surface area contributed by atoms with Crippen molar-refractivity contribution in [3.63, 3.8) is 0 Å². The van der Waals surface area contributed by atoms with Crippen LogP contribution in [-0.4, -0.2) is 28.5 Å². The molecule has 0 radical (unpaired) electrons. The minimum atomic E-state index is 0.0694. The first-order chi connectivity index (χ1) is 4.63. The van der Waals surface area contributed by atoms with Crippen molar-refractivity contribution >= 4 is 23.2 Å². The van der Waals surface area contributed by atoms with E-state index in [-0.39, 0.29) is 11.9 Å². The summed E-state index contributed by atoms with van der Waals surface area (Å²) in [7, 11) is 0. The topological polar surface area (TPSA) is 32.3 Å². The van der Waals surface area contributed by atoms with Gasteiger partial charge in [-0.2, -0.15) is 0 Å². The first-order valence-electron chi connectivity index (χ1n) is 3.23. The van der Waals surface area contributed by atoms with E-state index >= 15 is 0 Å². The van der Waals surface area contributed by atoms with Crippen LogP contribution in [0.5, 0.6) is 0 Å². The molecule has 1 fully saturated rings. The van der Waals surface area contributed by atoms with E-state index in [0.29, 0.717) is 11.7 Å². The molecule has 0 aromatic rings. The maximum absolute atomic E-state index is 11.0. The summed E-state index contributed by atoms with van der Waals surface area (Å²) in [6.07, 6.45) is 0. The molecule has 0 saturated carbocycles. The van der Waals surface area contributed by atoms with Crippen molar-refractivity contribution in [3.05, 3.63) is 0 Å². The van der Waals surface area contributed by atoms with Gasteiger partial charge in [0.25, 0.3) is 0 Å². The molecule has 0 atom stereocenters. The van der Waals surface area contributed by atoms with Gasteiger partial charge in [0.2, 0.25) is 5.91 Å². The van der Waals surface area contributed by atoms with Gasteiger partial charge in [-0.3, -0.25) is 9.69 Å². The number of hydrogen-bond acceptors (Lipinski definition) is 2. The molecule has 4 heteroatoms. The molecule has 1 N–H and O–H groups in total. The Morgan fingerprint density at radius 2 is 2.30 bits per heavy atom. The van der Waals surface area contributed by atoms with Gasteiger partial charge in [-0.05, 0) is 26.1 Å². The van der Waals surface area contributed by atoms with Gasteiger partial charge in [-0.15, -0.1) is 0 Å². The summed E-state index contributed by atoms with van der Waals surface area (Å²) in [6.45, 7) is 4.24. The number of carbonyl (C=O) groups excluding carboxylic acids is 1. The monoisotopic (exact) mass is 158 g/mol. The Bertz CT molecular complexity index is 163. The minimum absolute atomic E-state index is 0.0694. The van der Waals surface area contributed by atoms with Crippen molar-refractivity contribution in [2.24, 2.45) is 0 Å². The highest BCUT2D eigenvalue weighted by Gasteiger charge is 2.26. The summed E-state index contributed by atoms with van der Waals surface area (Å²) >= 11 is 4.89. The minimum Gasteiger partial charge on any atom is -0.353 e. The standard InChI is InChI=1S/C6H10N2OS/c1-4(2)8-5(9)3-7-6(8)10/h4H,3H2,1-2H3,(H,7,10).